The number of rotatable bonds is 5. The first-order valence-corrected chi connectivity index (χ1v) is 8.37. The summed E-state index contributed by atoms with van der Waals surface area (Å²) < 4.78 is 6.48. The highest BCUT2D eigenvalue weighted by Crippen LogP contribution is 2.27. The molecule has 0 spiro atoms. The Hall–Kier alpha value is -3.62. The second-order valence-corrected chi connectivity index (χ2v) is 6.14. The molecular formula is C19H13BrN4O3. The number of imide groups is 1. The zero-order valence-electron chi connectivity index (χ0n) is 13.9. The van der Waals surface area contributed by atoms with Crippen LogP contribution in [0.1, 0.15) is 16.7 Å². The molecule has 0 aliphatic carbocycles. The molecule has 0 aliphatic heterocycles. The molecule has 0 unspecified atom stereocenters. The van der Waals surface area contributed by atoms with Gasteiger partial charge in [0, 0.05) is 15.6 Å². The Morgan fingerprint density at radius 2 is 1.96 bits per heavy atom. The number of nitrogens with one attached hydrogen (secondary N) is 1. The van der Waals surface area contributed by atoms with E-state index in [2.05, 4.69) is 22.0 Å². The minimum Gasteiger partial charge on any atom is -0.488 e. The first kappa shape index (κ1) is 19.7. The summed E-state index contributed by atoms with van der Waals surface area (Å²) in [5, 5.41) is 20.2. The number of halogens is 1. The number of primary amides is 1. The van der Waals surface area contributed by atoms with Crippen LogP contribution in [0.3, 0.4) is 0 Å². The van der Waals surface area contributed by atoms with E-state index in [0.717, 1.165) is 0 Å². The number of hydrogen-bond acceptors (Lipinski definition) is 5. The number of carbonyl (C=O) groups excluding carboxylic acids is 2. The number of urea groups is 1. The van der Waals surface area contributed by atoms with Gasteiger partial charge in [-0.3, -0.25) is 10.1 Å². The Kier molecular flexibility index (Phi) is 6.70. The largest absolute Gasteiger partial charge is 0.488 e. The summed E-state index contributed by atoms with van der Waals surface area (Å²) in [7, 11) is 0. The summed E-state index contributed by atoms with van der Waals surface area (Å²) in [6, 6.07) is 14.8. The van der Waals surface area contributed by atoms with E-state index in [-0.39, 0.29) is 12.2 Å². The smallest absolute Gasteiger partial charge is 0.319 e. The van der Waals surface area contributed by atoms with Crippen LogP contribution in [0, 0.1) is 22.7 Å². The van der Waals surface area contributed by atoms with Crippen LogP contribution >= 0.6 is 15.9 Å². The normalized spacial score (nSPS) is 10.4. The van der Waals surface area contributed by atoms with Crippen molar-refractivity contribution in [1.82, 2.24) is 5.32 Å². The van der Waals surface area contributed by atoms with Crippen LogP contribution in [0.5, 0.6) is 5.75 Å². The topological polar surface area (TPSA) is 129 Å². The maximum absolute atomic E-state index is 11.9. The zero-order valence-corrected chi connectivity index (χ0v) is 15.5. The molecule has 27 heavy (non-hydrogen) atoms. The van der Waals surface area contributed by atoms with E-state index in [1.807, 2.05) is 5.32 Å². The van der Waals surface area contributed by atoms with E-state index < -0.39 is 11.9 Å². The molecular weight excluding hydrogens is 412 g/mol. The van der Waals surface area contributed by atoms with Gasteiger partial charge in [-0.1, -0.05) is 34.1 Å². The molecule has 0 atom stereocenters. The third kappa shape index (κ3) is 5.43. The fourth-order valence-corrected chi connectivity index (χ4v) is 2.54. The molecule has 0 heterocycles. The van der Waals surface area contributed by atoms with E-state index in [9.17, 15) is 14.9 Å². The maximum atomic E-state index is 11.9. The van der Waals surface area contributed by atoms with Gasteiger partial charge in [-0.25, -0.2) is 4.79 Å². The van der Waals surface area contributed by atoms with Crippen molar-refractivity contribution in [1.29, 1.82) is 10.5 Å². The van der Waals surface area contributed by atoms with Gasteiger partial charge in [0.05, 0.1) is 11.6 Å². The van der Waals surface area contributed by atoms with Gasteiger partial charge >= 0.3 is 6.03 Å². The van der Waals surface area contributed by atoms with Gasteiger partial charge in [-0.15, -0.1) is 0 Å². The van der Waals surface area contributed by atoms with E-state index >= 15 is 0 Å². The third-order valence-electron chi connectivity index (χ3n) is 3.39. The first-order valence-electron chi connectivity index (χ1n) is 7.57. The highest BCUT2D eigenvalue weighted by atomic mass is 79.9. The average molecular weight is 425 g/mol. The second-order valence-electron chi connectivity index (χ2n) is 5.23. The lowest BCUT2D eigenvalue weighted by Crippen LogP contribution is -2.35. The molecule has 7 nitrogen and oxygen atoms in total. The van der Waals surface area contributed by atoms with Crippen LogP contribution in [-0.4, -0.2) is 11.9 Å². The van der Waals surface area contributed by atoms with Gasteiger partial charge in [0.15, 0.2) is 0 Å². The van der Waals surface area contributed by atoms with E-state index in [0.29, 0.717) is 26.9 Å². The number of nitriles is 2. The summed E-state index contributed by atoms with van der Waals surface area (Å²) >= 11 is 3.32. The third-order valence-corrected chi connectivity index (χ3v) is 3.89. The lowest BCUT2D eigenvalue weighted by atomic mass is 10.1. The fraction of sp³-hybridized carbons (Fsp3) is 0.0526. The Morgan fingerprint density at radius 1 is 1.22 bits per heavy atom. The van der Waals surface area contributed by atoms with Crippen molar-refractivity contribution in [3.63, 3.8) is 0 Å². The van der Waals surface area contributed by atoms with Gasteiger partial charge < -0.3 is 10.5 Å². The molecule has 0 aromatic heterocycles. The van der Waals surface area contributed by atoms with Crippen LogP contribution < -0.4 is 15.8 Å². The van der Waals surface area contributed by atoms with Crippen molar-refractivity contribution in [3.8, 4) is 17.9 Å². The molecule has 2 aromatic rings. The van der Waals surface area contributed by atoms with Crippen molar-refractivity contribution >= 4 is 33.9 Å². The number of ether oxygens (including phenoxy) is 1. The molecule has 0 fully saturated rings. The molecule has 134 valence electrons. The summed E-state index contributed by atoms with van der Waals surface area (Å²) in [4.78, 5) is 22.7. The highest BCUT2D eigenvalue weighted by Gasteiger charge is 2.13. The predicted molar refractivity (Wildman–Crippen MR) is 101 cm³/mol. The average Bonchev–Trinajstić information content (AvgIpc) is 2.64. The van der Waals surface area contributed by atoms with Gasteiger partial charge in [0.1, 0.15) is 24.0 Å². The van der Waals surface area contributed by atoms with Crippen LogP contribution in [0.15, 0.2) is 52.5 Å². The Bertz CT molecular complexity index is 1000. The van der Waals surface area contributed by atoms with Gasteiger partial charge in [0.2, 0.25) is 0 Å². The Balaban J connectivity index is 2.33. The van der Waals surface area contributed by atoms with Crippen molar-refractivity contribution < 1.29 is 14.3 Å². The number of carbonyl (C=O) groups is 2. The summed E-state index contributed by atoms with van der Waals surface area (Å²) in [5.74, 6) is -0.517. The van der Waals surface area contributed by atoms with E-state index in [1.165, 1.54) is 6.08 Å². The first-order chi connectivity index (χ1) is 12.9. The van der Waals surface area contributed by atoms with E-state index in [4.69, 9.17) is 15.7 Å². The van der Waals surface area contributed by atoms with Crippen LogP contribution in [-0.2, 0) is 11.4 Å². The lowest BCUT2D eigenvalue weighted by molar-refractivity contribution is -0.115. The highest BCUT2D eigenvalue weighted by molar-refractivity contribution is 9.10. The van der Waals surface area contributed by atoms with Crippen molar-refractivity contribution in [2.24, 2.45) is 5.73 Å². The van der Waals surface area contributed by atoms with Crippen molar-refractivity contribution in [3.05, 3.63) is 69.2 Å². The lowest BCUT2D eigenvalue weighted by Gasteiger charge is -2.11. The maximum Gasteiger partial charge on any atom is 0.319 e. The van der Waals surface area contributed by atoms with Crippen molar-refractivity contribution in [2.45, 2.75) is 6.61 Å². The van der Waals surface area contributed by atoms with Crippen molar-refractivity contribution in [2.75, 3.05) is 0 Å². The van der Waals surface area contributed by atoms with E-state index in [1.54, 1.807) is 48.5 Å². The molecule has 2 rings (SSSR count). The van der Waals surface area contributed by atoms with Gasteiger partial charge in [-0.05, 0) is 30.3 Å². The Morgan fingerprint density at radius 3 is 2.63 bits per heavy atom. The summed E-state index contributed by atoms with van der Waals surface area (Å²) in [6.07, 6.45) is 1.29. The SMILES string of the molecule is N#C/C(=C/c1cc(Br)ccc1OCc1ccccc1C#N)C(=O)NC(N)=O. The molecule has 3 N–H and O–H groups in total. The minimum absolute atomic E-state index is 0.127. The number of hydrogen-bond donors (Lipinski definition) is 2. The number of nitrogens with zero attached hydrogens (tertiary/aromatic N) is 2. The Labute approximate surface area is 163 Å². The van der Waals surface area contributed by atoms with Gasteiger partial charge in [0.25, 0.3) is 5.91 Å². The number of amides is 3. The molecule has 0 aliphatic rings. The van der Waals surface area contributed by atoms with Crippen LogP contribution in [0.25, 0.3) is 6.08 Å². The predicted octanol–water partition coefficient (Wildman–Crippen LogP) is 3.00. The van der Waals surface area contributed by atoms with Gasteiger partial charge in [-0.2, -0.15) is 10.5 Å². The molecule has 0 saturated carbocycles. The van der Waals surface area contributed by atoms with Crippen LogP contribution in [0.4, 0.5) is 4.79 Å². The van der Waals surface area contributed by atoms with Crippen LogP contribution in [0.2, 0.25) is 0 Å². The number of benzene rings is 2. The molecule has 0 bridgehead atoms. The number of nitrogens with two attached hydrogens (primary N) is 1. The fourth-order valence-electron chi connectivity index (χ4n) is 2.16. The zero-order chi connectivity index (χ0) is 19.8. The molecule has 8 heteroatoms. The minimum atomic E-state index is -1.06. The standard InChI is InChI=1S/C19H13BrN4O3/c20-16-5-6-17(27-11-13-4-2-1-3-12(13)9-21)14(8-16)7-15(10-22)18(25)24-19(23)26/h1-8H,11H2,(H3,23,24,25,26)/b15-7-. The summed E-state index contributed by atoms with van der Waals surface area (Å²) in [5.41, 5.74) is 6.23. The monoisotopic (exact) mass is 424 g/mol. The molecule has 3 amide bonds. The molecule has 0 radical (unpaired) electrons. The molecule has 0 saturated heterocycles. The quantitative estimate of drug-likeness (QED) is 0.562. The second kappa shape index (κ2) is 9.18. The molecule has 2 aromatic carbocycles. The summed E-state index contributed by atoms with van der Waals surface area (Å²) in [6.45, 7) is 0.127.